The summed E-state index contributed by atoms with van der Waals surface area (Å²) in [6, 6.07) is 20.7. The molecule has 3 aromatic carbocycles. The molecule has 0 bridgehead atoms. The number of benzene rings is 3. The van der Waals surface area contributed by atoms with Gasteiger partial charge in [-0.25, -0.2) is 22.5 Å². The first kappa shape index (κ1) is 47.2. The van der Waals surface area contributed by atoms with Crippen LogP contribution in [0.4, 0.5) is 11.4 Å². The lowest BCUT2D eigenvalue weighted by atomic mass is 9.72. The summed E-state index contributed by atoms with van der Waals surface area (Å²) in [6.07, 6.45) is 14.2. The number of nitrogens with zero attached hydrogens (tertiary/aromatic N) is 5. The molecule has 1 amide bonds. The van der Waals surface area contributed by atoms with Crippen LogP contribution in [0.5, 0.6) is 11.5 Å². The highest BCUT2D eigenvalue weighted by atomic mass is 35.5. The Kier molecular flexibility index (Phi) is 14.0. The Morgan fingerprint density at radius 1 is 0.985 bits per heavy atom. The fourth-order valence-electron chi connectivity index (χ4n) is 9.57. The Balaban J connectivity index is 0.977. The van der Waals surface area contributed by atoms with Crippen LogP contribution in [0.25, 0.3) is 16.6 Å². The van der Waals surface area contributed by atoms with Crippen molar-refractivity contribution in [2.75, 3.05) is 50.1 Å². The molecule has 1 saturated heterocycles. The minimum atomic E-state index is -4.56. The van der Waals surface area contributed by atoms with Gasteiger partial charge in [0.05, 0.1) is 27.6 Å². The van der Waals surface area contributed by atoms with E-state index in [4.69, 9.17) is 16.3 Å². The number of halogens is 1. The molecular formula is C49H58ClN7O7S2. The largest absolute Gasteiger partial charge is 0.455 e. The summed E-state index contributed by atoms with van der Waals surface area (Å²) in [7, 11) is -6.75. The van der Waals surface area contributed by atoms with Crippen LogP contribution < -0.4 is 14.4 Å². The van der Waals surface area contributed by atoms with E-state index in [1.807, 2.05) is 18.2 Å². The number of amides is 1. The molecule has 3 heterocycles. The third kappa shape index (κ3) is 11.6. The molecule has 0 atom stereocenters. The maximum absolute atomic E-state index is 14.0. The van der Waals surface area contributed by atoms with Crippen molar-refractivity contribution in [3.8, 4) is 11.5 Å². The summed E-state index contributed by atoms with van der Waals surface area (Å²) >= 11 is 6.25. The number of hydrogen-bond acceptors (Lipinski definition) is 11. The summed E-state index contributed by atoms with van der Waals surface area (Å²) < 4.78 is 52.7. The predicted octanol–water partition coefficient (Wildman–Crippen LogP) is 10.0. The lowest BCUT2D eigenvalue weighted by Gasteiger charge is -2.39. The zero-order valence-corrected chi connectivity index (χ0v) is 40.3. The molecule has 2 N–H and O–H groups in total. The summed E-state index contributed by atoms with van der Waals surface area (Å²) in [5.74, 6) is -0.149. The van der Waals surface area contributed by atoms with Gasteiger partial charge in [0.25, 0.3) is 21.6 Å². The summed E-state index contributed by atoms with van der Waals surface area (Å²) in [5.41, 5.74) is 5.84. The molecule has 14 nitrogen and oxygen atoms in total. The fourth-order valence-corrected chi connectivity index (χ4v) is 11.6. The van der Waals surface area contributed by atoms with Crippen molar-refractivity contribution < 1.29 is 27.1 Å². The van der Waals surface area contributed by atoms with Crippen LogP contribution in [0.1, 0.15) is 86.7 Å². The average Bonchev–Trinajstić information content (AvgIpc) is 3.75. The second kappa shape index (κ2) is 19.5. The fraction of sp³-hybridized carbons (Fsp3) is 0.429. The van der Waals surface area contributed by atoms with E-state index in [1.165, 1.54) is 35.0 Å². The van der Waals surface area contributed by atoms with Gasteiger partial charge in [-0.1, -0.05) is 49.2 Å². The van der Waals surface area contributed by atoms with Gasteiger partial charge >= 0.3 is 0 Å². The maximum atomic E-state index is 14.0. The number of hydrogen-bond donors (Lipinski definition) is 2. The quantitative estimate of drug-likeness (QED) is 0.0803. The third-order valence-electron chi connectivity index (χ3n) is 13.2. The highest BCUT2D eigenvalue weighted by molar-refractivity contribution is 7.92. The van der Waals surface area contributed by atoms with Crippen molar-refractivity contribution >= 4 is 65.2 Å². The van der Waals surface area contributed by atoms with E-state index in [-0.39, 0.29) is 28.5 Å². The molecule has 2 fully saturated rings. The zero-order valence-electron chi connectivity index (χ0n) is 37.9. The molecule has 0 spiro atoms. The molecule has 350 valence electrons. The Labute approximate surface area is 392 Å². The lowest BCUT2D eigenvalue weighted by molar-refractivity contribution is -0.385. The number of carbonyl (C=O) groups is 1. The van der Waals surface area contributed by atoms with E-state index >= 15 is 0 Å². The van der Waals surface area contributed by atoms with Crippen molar-refractivity contribution in [3.05, 3.63) is 123 Å². The minimum Gasteiger partial charge on any atom is -0.455 e. The van der Waals surface area contributed by atoms with Crippen molar-refractivity contribution in [2.45, 2.75) is 82.6 Å². The number of fused-ring (bicyclic) bond motifs is 1. The number of carbonyl (C=O) groups excluding carboxylic acids is 1. The van der Waals surface area contributed by atoms with Crippen LogP contribution in [0, 0.1) is 21.4 Å². The van der Waals surface area contributed by atoms with Crippen LogP contribution in [0.3, 0.4) is 0 Å². The van der Waals surface area contributed by atoms with Crippen molar-refractivity contribution in [1.29, 1.82) is 0 Å². The number of aryl methyl sites for hydroxylation is 1. The van der Waals surface area contributed by atoms with Crippen LogP contribution in [-0.4, -0.2) is 89.6 Å². The monoisotopic (exact) mass is 955 g/mol. The first-order valence-corrected chi connectivity index (χ1v) is 26.8. The topological polar surface area (TPSA) is 180 Å². The molecule has 8 rings (SSSR count). The van der Waals surface area contributed by atoms with Crippen LogP contribution >= 0.6 is 11.6 Å². The number of aromatic amines is 1. The van der Waals surface area contributed by atoms with Crippen molar-refractivity contribution in [2.24, 2.45) is 15.7 Å². The summed E-state index contributed by atoms with van der Waals surface area (Å²) in [5, 5.41) is 13.8. The number of nitro groups is 1. The number of anilines is 1. The Hall–Kier alpha value is -5.29. The van der Waals surface area contributed by atoms with Gasteiger partial charge in [-0.3, -0.25) is 24.0 Å². The molecule has 17 heteroatoms. The number of pyridine rings is 1. The number of nitrogens with one attached hydrogen (secondary N) is 2. The smallest absolute Gasteiger partial charge is 0.273 e. The summed E-state index contributed by atoms with van der Waals surface area (Å²) in [4.78, 5) is 37.5. The van der Waals surface area contributed by atoms with Crippen LogP contribution in [-0.2, 0) is 26.2 Å². The average molecular weight is 957 g/mol. The van der Waals surface area contributed by atoms with Gasteiger partial charge in [0.1, 0.15) is 17.1 Å². The van der Waals surface area contributed by atoms with Crippen LogP contribution in [0.2, 0.25) is 5.02 Å². The van der Waals surface area contributed by atoms with Crippen LogP contribution in [0.15, 0.2) is 100 Å². The maximum Gasteiger partial charge on any atom is 0.273 e. The van der Waals surface area contributed by atoms with Gasteiger partial charge in [-0.05, 0) is 123 Å². The normalized spacial score (nSPS) is 19.4. The molecule has 3 aliphatic rings. The second-order valence-corrected chi connectivity index (χ2v) is 23.7. The SMILES string of the molecule is CC1(C)CCC(CN2CCN(c3ccc(C(=O)NS(=O)(=O)c4ccc(CCC5CCC(N=S(C)(C)=O)CC5)c([N+](=O)[O-])c4)c(Oc4cnc5[nH]ccc5c4)c3)CC2)=C(c2ccc(Cl)cc2)C1. The van der Waals surface area contributed by atoms with Gasteiger partial charge in [0.15, 0.2) is 0 Å². The highest BCUT2D eigenvalue weighted by Crippen LogP contribution is 2.44. The second-order valence-electron chi connectivity index (χ2n) is 19.0. The van der Waals surface area contributed by atoms with E-state index < -0.39 is 35.5 Å². The van der Waals surface area contributed by atoms with E-state index in [0.717, 1.165) is 99.8 Å². The molecule has 5 aromatic rings. The lowest BCUT2D eigenvalue weighted by Crippen LogP contribution is -2.47. The number of sulfonamides is 1. The number of piperazine rings is 1. The molecular weight excluding hydrogens is 898 g/mol. The van der Waals surface area contributed by atoms with Gasteiger partial charge in [-0.2, -0.15) is 0 Å². The first-order valence-electron chi connectivity index (χ1n) is 22.6. The van der Waals surface area contributed by atoms with Gasteiger partial charge in [0.2, 0.25) is 0 Å². The number of H-pyrrole nitrogens is 1. The summed E-state index contributed by atoms with van der Waals surface area (Å²) in [6.45, 7) is 8.62. The molecule has 1 aliphatic heterocycles. The van der Waals surface area contributed by atoms with E-state index in [9.17, 15) is 27.5 Å². The standard InChI is InChI=1S/C49H58ClN7O7S2/c1-49(2)21-19-37(44(30-49)34-9-12-38(50)13-10-34)32-55-23-25-56(26-24-55)40-16-18-43(46(28-40)64-41-27-36-20-22-51-47(36)52-31-41)48(58)54-66(62,63)42-17-11-35(45(29-42)57(59)60)8-5-33-6-14-39(15-7-33)53-65(3,4)61/h9-13,16-18,20,22,27-29,31,33,39H,5-8,14-15,19,21,23-26,30,32H2,1-4H3,(H,51,52)(H,54,58). The van der Waals surface area contributed by atoms with E-state index in [2.05, 4.69) is 54.8 Å². The molecule has 2 aromatic heterocycles. The minimum absolute atomic E-state index is 0.0362. The number of ether oxygens (including phenoxy) is 1. The van der Waals surface area contributed by atoms with Crippen molar-refractivity contribution in [3.63, 3.8) is 0 Å². The number of nitro benzene ring substituents is 1. The highest BCUT2D eigenvalue weighted by Gasteiger charge is 2.31. The molecule has 66 heavy (non-hydrogen) atoms. The molecule has 1 saturated carbocycles. The number of allylic oxidation sites excluding steroid dienone is 1. The third-order valence-corrected chi connectivity index (χ3v) is 15.6. The first-order chi connectivity index (χ1) is 31.4. The Morgan fingerprint density at radius 2 is 1.73 bits per heavy atom. The molecule has 0 unspecified atom stereocenters. The number of aromatic nitrogens is 2. The van der Waals surface area contributed by atoms with E-state index in [0.29, 0.717) is 35.7 Å². The van der Waals surface area contributed by atoms with Gasteiger partial charge in [0, 0.05) is 95.0 Å². The molecule has 2 aliphatic carbocycles. The Morgan fingerprint density at radius 3 is 2.44 bits per heavy atom. The van der Waals surface area contributed by atoms with Gasteiger partial charge < -0.3 is 14.6 Å². The zero-order chi connectivity index (χ0) is 46.8. The van der Waals surface area contributed by atoms with Crippen molar-refractivity contribution in [1.82, 2.24) is 19.6 Å². The van der Waals surface area contributed by atoms with E-state index in [1.54, 1.807) is 43.0 Å². The predicted molar refractivity (Wildman–Crippen MR) is 262 cm³/mol. The van der Waals surface area contributed by atoms with Gasteiger partial charge in [-0.15, -0.1) is 0 Å². The number of rotatable bonds is 14. The molecule has 0 radical (unpaired) electrons. The Bertz CT molecular complexity index is 2880.